The van der Waals surface area contributed by atoms with Crippen molar-refractivity contribution in [2.45, 2.75) is 30.8 Å². The third-order valence-corrected chi connectivity index (χ3v) is 7.08. The van der Waals surface area contributed by atoms with E-state index in [9.17, 15) is 25.1 Å². The van der Waals surface area contributed by atoms with Crippen molar-refractivity contribution < 1.29 is 29.1 Å². The lowest BCUT2D eigenvalue weighted by Gasteiger charge is -2.25. The third kappa shape index (κ3) is 4.34. The summed E-state index contributed by atoms with van der Waals surface area (Å²) in [5.74, 6) is -0.210. The lowest BCUT2D eigenvalue weighted by atomic mass is 9.85. The number of fused-ring (bicyclic) bond motifs is 2. The van der Waals surface area contributed by atoms with E-state index >= 15 is 0 Å². The molecule has 2 aliphatic rings. The SMILES string of the molecule is O=C(Nc1ccc(-c2cc(-c3ccc([N+](=O)[O-])cc3)nc(-c3ccco3)c2)cc1)[C@H]1C[C@@H]2O[C@H]1[C@@H](O)[C@H]2O. The average molecular weight is 514 g/mol. The number of aliphatic hydroxyl groups is 2. The van der Waals surface area contributed by atoms with Crippen LogP contribution in [0.3, 0.4) is 0 Å². The molecule has 0 saturated carbocycles. The fourth-order valence-corrected chi connectivity index (χ4v) is 5.08. The number of nitrogens with zero attached hydrogens (tertiary/aromatic N) is 2. The molecular weight excluding hydrogens is 490 g/mol. The Morgan fingerprint density at radius 2 is 1.66 bits per heavy atom. The van der Waals surface area contributed by atoms with Crippen LogP contribution in [-0.2, 0) is 9.53 Å². The van der Waals surface area contributed by atoms with E-state index in [-0.39, 0.29) is 11.6 Å². The predicted molar refractivity (Wildman–Crippen MR) is 137 cm³/mol. The average Bonchev–Trinajstić information content (AvgIpc) is 3.68. The van der Waals surface area contributed by atoms with Gasteiger partial charge in [-0.05, 0) is 66.1 Å². The first-order valence-corrected chi connectivity index (χ1v) is 12.1. The number of nitro groups is 1. The number of anilines is 1. The summed E-state index contributed by atoms with van der Waals surface area (Å²) in [6, 6.07) is 20.8. The highest BCUT2D eigenvalue weighted by Crippen LogP contribution is 2.40. The zero-order valence-electron chi connectivity index (χ0n) is 19.9. The lowest BCUT2D eigenvalue weighted by molar-refractivity contribution is -0.384. The number of amides is 1. The van der Waals surface area contributed by atoms with Gasteiger partial charge in [-0.1, -0.05) is 12.1 Å². The predicted octanol–water partition coefficient (Wildman–Crippen LogP) is 4.03. The molecular formula is C28H23N3O7. The highest BCUT2D eigenvalue weighted by molar-refractivity contribution is 5.93. The van der Waals surface area contributed by atoms with E-state index < -0.39 is 35.3 Å². The number of aliphatic hydroxyl groups excluding tert-OH is 2. The Kier molecular flexibility index (Phi) is 5.99. The second-order valence-corrected chi connectivity index (χ2v) is 9.44. The maximum atomic E-state index is 12.8. The van der Waals surface area contributed by atoms with Crippen LogP contribution in [-0.4, -0.2) is 50.4 Å². The molecule has 2 aliphatic heterocycles. The van der Waals surface area contributed by atoms with E-state index in [4.69, 9.17) is 14.1 Å². The van der Waals surface area contributed by atoms with Crippen molar-refractivity contribution in [3.8, 4) is 33.8 Å². The van der Waals surface area contributed by atoms with E-state index in [0.717, 1.165) is 16.7 Å². The number of nitro benzene ring substituents is 1. The molecule has 2 saturated heterocycles. The molecule has 10 nitrogen and oxygen atoms in total. The summed E-state index contributed by atoms with van der Waals surface area (Å²) in [5, 5.41) is 33.9. The molecule has 0 spiro atoms. The van der Waals surface area contributed by atoms with Crippen LogP contribution in [0.4, 0.5) is 11.4 Å². The number of pyridine rings is 1. The summed E-state index contributed by atoms with van der Waals surface area (Å²) in [4.78, 5) is 28.1. The minimum atomic E-state index is -1.06. The molecule has 3 N–H and O–H groups in total. The number of benzene rings is 2. The highest BCUT2D eigenvalue weighted by atomic mass is 16.6. The van der Waals surface area contributed by atoms with Crippen molar-refractivity contribution in [2.75, 3.05) is 5.32 Å². The Morgan fingerprint density at radius 1 is 0.947 bits per heavy atom. The molecule has 0 radical (unpaired) electrons. The minimum absolute atomic E-state index is 0.00326. The number of rotatable bonds is 6. The second kappa shape index (κ2) is 9.49. The van der Waals surface area contributed by atoms with Crippen molar-refractivity contribution in [1.82, 2.24) is 4.98 Å². The van der Waals surface area contributed by atoms with Crippen LogP contribution in [0.15, 0.2) is 83.5 Å². The molecule has 4 heterocycles. The number of aromatic nitrogens is 1. The van der Waals surface area contributed by atoms with Gasteiger partial charge in [0.15, 0.2) is 5.76 Å². The van der Waals surface area contributed by atoms with Crippen molar-refractivity contribution in [3.63, 3.8) is 0 Å². The third-order valence-electron chi connectivity index (χ3n) is 7.08. The zero-order chi connectivity index (χ0) is 26.4. The minimum Gasteiger partial charge on any atom is -0.463 e. The van der Waals surface area contributed by atoms with Crippen molar-refractivity contribution >= 4 is 17.3 Å². The van der Waals surface area contributed by atoms with Gasteiger partial charge in [0.05, 0.1) is 35.0 Å². The molecule has 2 aromatic carbocycles. The molecule has 2 bridgehead atoms. The summed E-state index contributed by atoms with van der Waals surface area (Å²) in [7, 11) is 0. The number of furan rings is 1. The van der Waals surface area contributed by atoms with E-state index in [1.165, 1.54) is 12.1 Å². The number of nitrogens with one attached hydrogen (secondary N) is 1. The Labute approximate surface area is 216 Å². The molecule has 6 rings (SSSR count). The number of hydrogen-bond acceptors (Lipinski definition) is 8. The van der Waals surface area contributed by atoms with Gasteiger partial charge in [0.25, 0.3) is 5.69 Å². The van der Waals surface area contributed by atoms with Crippen molar-refractivity contribution in [1.29, 1.82) is 0 Å². The van der Waals surface area contributed by atoms with Crippen LogP contribution in [0.1, 0.15) is 6.42 Å². The quantitative estimate of drug-likeness (QED) is 0.259. The monoisotopic (exact) mass is 513 g/mol. The maximum absolute atomic E-state index is 12.8. The number of carbonyl (C=O) groups excluding carboxylic acids is 1. The summed E-state index contributed by atoms with van der Waals surface area (Å²) in [5.41, 5.74) is 4.24. The van der Waals surface area contributed by atoms with Crippen LogP contribution in [0.2, 0.25) is 0 Å². The molecule has 10 heteroatoms. The fourth-order valence-electron chi connectivity index (χ4n) is 5.08. The number of ether oxygens (including phenoxy) is 1. The second-order valence-electron chi connectivity index (χ2n) is 9.44. The van der Waals surface area contributed by atoms with Crippen molar-refractivity contribution in [3.05, 3.63) is 89.2 Å². The van der Waals surface area contributed by atoms with Gasteiger partial charge in [-0.2, -0.15) is 0 Å². The van der Waals surface area contributed by atoms with Crippen LogP contribution >= 0.6 is 0 Å². The molecule has 0 unspecified atom stereocenters. The molecule has 2 aromatic heterocycles. The van der Waals surface area contributed by atoms with Crippen LogP contribution in [0.25, 0.3) is 33.8 Å². The van der Waals surface area contributed by atoms with Gasteiger partial charge in [-0.15, -0.1) is 0 Å². The standard InChI is InChI=1S/C28H23N3O7/c32-25-24-14-20(27(38-24)26(25)33)28(34)29-18-7-3-15(4-8-18)17-12-21(16-5-9-19(10-6-16)31(35)36)30-22(13-17)23-2-1-11-37-23/h1-13,20,24-27,32-33H,14H2,(H,29,34)/t20-,24-,25-,26-,27+/m0/s1. The van der Waals surface area contributed by atoms with Gasteiger partial charge in [-0.3, -0.25) is 14.9 Å². The first kappa shape index (κ1) is 24.0. The smallest absolute Gasteiger partial charge is 0.269 e. The number of non-ortho nitro benzene ring substituents is 1. The molecule has 4 aromatic rings. The molecule has 192 valence electrons. The normalized spacial score (nSPS) is 23.9. The first-order valence-electron chi connectivity index (χ1n) is 12.1. The summed E-state index contributed by atoms with van der Waals surface area (Å²) >= 11 is 0. The Balaban J connectivity index is 1.26. The van der Waals surface area contributed by atoms with Gasteiger partial charge in [0, 0.05) is 23.4 Å². The zero-order valence-corrected chi connectivity index (χ0v) is 19.9. The number of carbonyl (C=O) groups is 1. The van der Waals surface area contributed by atoms with E-state index in [1.807, 2.05) is 24.3 Å². The largest absolute Gasteiger partial charge is 0.463 e. The molecule has 38 heavy (non-hydrogen) atoms. The summed E-state index contributed by atoms with van der Waals surface area (Å²) < 4.78 is 11.1. The Morgan fingerprint density at radius 3 is 2.29 bits per heavy atom. The van der Waals surface area contributed by atoms with E-state index in [2.05, 4.69) is 5.32 Å². The summed E-state index contributed by atoms with van der Waals surface area (Å²) in [6.45, 7) is 0. The van der Waals surface area contributed by atoms with Gasteiger partial charge in [0.1, 0.15) is 17.9 Å². The topological polar surface area (TPSA) is 148 Å². The van der Waals surface area contributed by atoms with Gasteiger partial charge in [-0.25, -0.2) is 4.98 Å². The Hall–Kier alpha value is -4.38. The lowest BCUT2D eigenvalue weighted by Crippen LogP contribution is -2.45. The van der Waals surface area contributed by atoms with Crippen LogP contribution in [0, 0.1) is 16.0 Å². The molecule has 5 atom stereocenters. The molecule has 0 aliphatic carbocycles. The highest BCUT2D eigenvalue weighted by Gasteiger charge is 2.55. The fraction of sp³-hybridized carbons (Fsp3) is 0.214. The van der Waals surface area contributed by atoms with Crippen molar-refractivity contribution in [2.24, 2.45) is 5.92 Å². The molecule has 1 amide bonds. The summed E-state index contributed by atoms with van der Waals surface area (Å²) in [6.07, 6.45) is -1.31. The van der Waals surface area contributed by atoms with Crippen LogP contribution < -0.4 is 5.32 Å². The van der Waals surface area contributed by atoms with E-state index in [0.29, 0.717) is 29.3 Å². The van der Waals surface area contributed by atoms with Crippen LogP contribution in [0.5, 0.6) is 0 Å². The van der Waals surface area contributed by atoms with Gasteiger partial charge in [0.2, 0.25) is 5.91 Å². The maximum Gasteiger partial charge on any atom is 0.269 e. The number of hydrogen-bond donors (Lipinski definition) is 3. The molecule has 2 fully saturated rings. The van der Waals surface area contributed by atoms with Gasteiger partial charge >= 0.3 is 0 Å². The first-order chi connectivity index (χ1) is 18.4. The van der Waals surface area contributed by atoms with Gasteiger partial charge < -0.3 is 24.7 Å². The van der Waals surface area contributed by atoms with E-state index in [1.54, 1.807) is 42.7 Å². The Bertz CT molecular complexity index is 1480.